The van der Waals surface area contributed by atoms with Crippen molar-refractivity contribution in [1.82, 2.24) is 9.78 Å². The van der Waals surface area contributed by atoms with E-state index in [1.165, 1.54) is 7.11 Å². The highest BCUT2D eigenvalue weighted by Crippen LogP contribution is 2.21. The number of hydrogen-bond acceptors (Lipinski definition) is 5. The molecule has 1 heterocycles. The number of aliphatic hydroxyl groups is 1. The quantitative estimate of drug-likeness (QED) is 0.823. The summed E-state index contributed by atoms with van der Waals surface area (Å²) in [4.78, 5) is 11.8. The zero-order chi connectivity index (χ0) is 13.1. The highest BCUT2D eigenvalue weighted by molar-refractivity contribution is 5.46. The first-order valence-corrected chi connectivity index (χ1v) is 5.24. The molecule has 6 nitrogen and oxygen atoms in total. The molecule has 0 saturated carbocycles. The van der Waals surface area contributed by atoms with Gasteiger partial charge in [0.1, 0.15) is 22.9 Å². The van der Waals surface area contributed by atoms with Crippen molar-refractivity contribution in [3.8, 4) is 17.2 Å². The Morgan fingerprint density at radius 3 is 2.78 bits per heavy atom. The lowest BCUT2D eigenvalue weighted by atomic mass is 10.3. The lowest BCUT2D eigenvalue weighted by Gasteiger charge is -2.10. The van der Waals surface area contributed by atoms with E-state index in [-0.39, 0.29) is 11.4 Å². The highest BCUT2D eigenvalue weighted by Gasteiger charge is 2.11. The van der Waals surface area contributed by atoms with E-state index in [0.29, 0.717) is 11.4 Å². The Bertz CT molecular complexity index is 622. The van der Waals surface area contributed by atoms with Gasteiger partial charge in [-0.05, 0) is 12.1 Å². The van der Waals surface area contributed by atoms with Gasteiger partial charge in [-0.15, -0.1) is 0 Å². The van der Waals surface area contributed by atoms with Crippen molar-refractivity contribution in [1.29, 1.82) is 0 Å². The summed E-state index contributed by atoms with van der Waals surface area (Å²) in [7, 11) is 1.48. The van der Waals surface area contributed by atoms with Crippen molar-refractivity contribution in [2.75, 3.05) is 7.11 Å². The van der Waals surface area contributed by atoms with Gasteiger partial charge in [0.05, 0.1) is 13.7 Å². The van der Waals surface area contributed by atoms with Crippen LogP contribution in [0.5, 0.6) is 11.5 Å². The molecule has 0 atom stereocenters. The van der Waals surface area contributed by atoms with Crippen molar-refractivity contribution in [3.63, 3.8) is 0 Å². The van der Waals surface area contributed by atoms with Gasteiger partial charge in [-0.3, -0.25) is 4.79 Å². The van der Waals surface area contributed by atoms with Gasteiger partial charge in [0.25, 0.3) is 5.56 Å². The number of aliphatic hydroxyl groups excluding tert-OH is 1. The van der Waals surface area contributed by atoms with Gasteiger partial charge in [-0.2, -0.15) is 9.78 Å². The van der Waals surface area contributed by atoms with Crippen LogP contribution in [0.25, 0.3) is 5.69 Å². The fraction of sp³-hybridized carbons (Fsp3) is 0.167. The fourth-order valence-corrected chi connectivity index (χ4v) is 1.57. The maximum atomic E-state index is 11.8. The molecular formula is C12H12N2O4. The molecule has 94 valence electrons. The smallest absolute Gasteiger partial charge is 0.275 e. The molecule has 2 N–H and O–H groups in total. The number of aromatic hydroxyl groups is 1. The number of hydrogen-bond donors (Lipinski definition) is 2. The first kappa shape index (κ1) is 12.1. The Hall–Kier alpha value is -2.34. The molecule has 0 spiro atoms. The monoisotopic (exact) mass is 248 g/mol. The molecule has 1 aromatic heterocycles. The highest BCUT2D eigenvalue weighted by atomic mass is 16.5. The predicted molar refractivity (Wildman–Crippen MR) is 64.0 cm³/mol. The average molecular weight is 248 g/mol. The molecule has 0 radical (unpaired) electrons. The van der Waals surface area contributed by atoms with Crippen molar-refractivity contribution in [2.24, 2.45) is 0 Å². The van der Waals surface area contributed by atoms with Gasteiger partial charge in [-0.1, -0.05) is 12.1 Å². The molecule has 0 unspecified atom stereocenters. The number of rotatable bonds is 3. The molecule has 0 aliphatic heterocycles. The van der Waals surface area contributed by atoms with E-state index in [1.54, 1.807) is 24.3 Å². The van der Waals surface area contributed by atoms with Gasteiger partial charge < -0.3 is 14.9 Å². The van der Waals surface area contributed by atoms with Crippen LogP contribution in [0.2, 0.25) is 0 Å². The molecule has 2 rings (SSSR count). The standard InChI is InChI=1S/C12H12N2O4/c1-18-11-5-3-2-4-9(11)14-12(17)6-10(16)8(7-15)13-14/h2-6,15-16H,7H2,1H3. The molecule has 1 aromatic carbocycles. The number of benzene rings is 1. The third kappa shape index (κ3) is 2.05. The van der Waals surface area contributed by atoms with Crippen LogP contribution in [0.1, 0.15) is 5.69 Å². The molecule has 0 saturated heterocycles. The second-order valence-corrected chi connectivity index (χ2v) is 3.56. The van der Waals surface area contributed by atoms with E-state index in [1.807, 2.05) is 0 Å². The van der Waals surface area contributed by atoms with E-state index in [9.17, 15) is 9.90 Å². The Kier molecular flexibility index (Phi) is 3.29. The predicted octanol–water partition coefficient (Wildman–Crippen LogP) is 0.439. The van der Waals surface area contributed by atoms with Crippen LogP contribution in [-0.4, -0.2) is 27.1 Å². The van der Waals surface area contributed by atoms with Crippen LogP contribution in [-0.2, 0) is 6.61 Å². The van der Waals surface area contributed by atoms with E-state index >= 15 is 0 Å². The van der Waals surface area contributed by atoms with Crippen LogP contribution in [0, 0.1) is 0 Å². The Labute approximate surface area is 103 Å². The number of ether oxygens (including phenoxy) is 1. The molecule has 0 bridgehead atoms. The summed E-state index contributed by atoms with van der Waals surface area (Å²) in [5.41, 5.74) is -0.0330. The zero-order valence-electron chi connectivity index (χ0n) is 9.70. The van der Waals surface area contributed by atoms with Gasteiger partial charge in [0.2, 0.25) is 0 Å². The van der Waals surface area contributed by atoms with Crippen LogP contribution >= 0.6 is 0 Å². The first-order valence-electron chi connectivity index (χ1n) is 5.24. The average Bonchev–Trinajstić information content (AvgIpc) is 2.39. The lowest BCUT2D eigenvalue weighted by molar-refractivity contribution is 0.266. The van der Waals surface area contributed by atoms with Gasteiger partial charge >= 0.3 is 0 Å². The minimum atomic E-state index is -0.505. The molecule has 0 aliphatic carbocycles. The van der Waals surface area contributed by atoms with E-state index in [2.05, 4.69) is 5.10 Å². The summed E-state index contributed by atoms with van der Waals surface area (Å²) < 4.78 is 6.21. The van der Waals surface area contributed by atoms with Gasteiger partial charge in [0, 0.05) is 6.07 Å². The molecule has 18 heavy (non-hydrogen) atoms. The summed E-state index contributed by atoms with van der Waals surface area (Å²) in [5.74, 6) is 0.148. The second kappa shape index (κ2) is 4.89. The van der Waals surface area contributed by atoms with E-state index in [4.69, 9.17) is 9.84 Å². The first-order chi connectivity index (χ1) is 8.67. The Morgan fingerprint density at radius 1 is 1.39 bits per heavy atom. The topological polar surface area (TPSA) is 84.6 Å². The summed E-state index contributed by atoms with van der Waals surface area (Å²) in [6.45, 7) is -0.457. The number of nitrogens with zero attached hydrogens (tertiary/aromatic N) is 2. The van der Waals surface area contributed by atoms with Crippen LogP contribution < -0.4 is 10.3 Å². The summed E-state index contributed by atoms with van der Waals surface area (Å²) in [6.07, 6.45) is 0. The third-order valence-corrected chi connectivity index (χ3v) is 2.45. The third-order valence-electron chi connectivity index (χ3n) is 2.45. The maximum Gasteiger partial charge on any atom is 0.275 e. The molecule has 2 aromatic rings. The fourth-order valence-electron chi connectivity index (χ4n) is 1.57. The van der Waals surface area contributed by atoms with Crippen LogP contribution in [0.3, 0.4) is 0 Å². The normalized spacial score (nSPS) is 10.3. The lowest BCUT2D eigenvalue weighted by Crippen LogP contribution is -2.22. The zero-order valence-corrected chi connectivity index (χ0v) is 9.70. The second-order valence-electron chi connectivity index (χ2n) is 3.56. The van der Waals surface area contributed by atoms with Crippen molar-refractivity contribution < 1.29 is 14.9 Å². The van der Waals surface area contributed by atoms with E-state index in [0.717, 1.165) is 10.7 Å². The maximum absolute atomic E-state index is 11.8. The summed E-state index contributed by atoms with van der Waals surface area (Å²) in [6, 6.07) is 7.85. The molecule has 0 aliphatic rings. The molecule has 0 amide bonds. The van der Waals surface area contributed by atoms with Crippen molar-refractivity contribution in [3.05, 3.63) is 46.4 Å². The molecule has 6 heteroatoms. The summed E-state index contributed by atoms with van der Waals surface area (Å²) >= 11 is 0. The largest absolute Gasteiger partial charge is 0.506 e. The molecular weight excluding hydrogens is 236 g/mol. The van der Waals surface area contributed by atoms with E-state index < -0.39 is 12.2 Å². The van der Waals surface area contributed by atoms with Crippen LogP contribution in [0.4, 0.5) is 0 Å². The van der Waals surface area contributed by atoms with Crippen LogP contribution in [0.15, 0.2) is 35.1 Å². The van der Waals surface area contributed by atoms with Gasteiger partial charge in [-0.25, -0.2) is 0 Å². The number of methoxy groups -OCH3 is 1. The van der Waals surface area contributed by atoms with Crippen molar-refractivity contribution in [2.45, 2.75) is 6.61 Å². The number of aromatic nitrogens is 2. The minimum absolute atomic E-state index is 0.0282. The Balaban J connectivity index is 2.67. The SMILES string of the molecule is COc1ccccc1-n1nc(CO)c(O)cc1=O. The Morgan fingerprint density at radius 2 is 2.11 bits per heavy atom. The minimum Gasteiger partial charge on any atom is -0.506 e. The summed E-state index contributed by atoms with van der Waals surface area (Å²) in [5, 5.41) is 22.4. The van der Waals surface area contributed by atoms with Crippen molar-refractivity contribution >= 4 is 0 Å². The number of para-hydroxylation sites is 2. The molecule has 0 fully saturated rings. The van der Waals surface area contributed by atoms with Gasteiger partial charge in [0.15, 0.2) is 0 Å².